The molecule has 8 heteroatoms. The van der Waals surface area contributed by atoms with Crippen LogP contribution >= 0.6 is 11.3 Å². The number of thiophene rings is 1. The molecule has 0 aliphatic rings. The fraction of sp³-hybridized carbons (Fsp3) is 0.150. The van der Waals surface area contributed by atoms with E-state index in [4.69, 9.17) is 0 Å². The Bertz CT molecular complexity index is 1070. The average molecular weight is 419 g/mol. The third-order valence-corrected chi connectivity index (χ3v) is 6.42. The zero-order valence-corrected chi connectivity index (χ0v) is 16.7. The molecule has 1 aromatic heterocycles. The molecule has 0 spiro atoms. The molecule has 1 unspecified atom stereocenters. The highest BCUT2D eigenvalue weighted by atomic mass is 32.2. The van der Waals surface area contributed by atoms with Crippen molar-refractivity contribution in [2.75, 3.05) is 0 Å². The molecule has 28 heavy (non-hydrogen) atoms. The van der Waals surface area contributed by atoms with Crippen LogP contribution in [0.5, 0.6) is 0 Å². The molecule has 146 valence electrons. The maximum absolute atomic E-state index is 13.9. The number of rotatable bonds is 7. The van der Waals surface area contributed by atoms with Crippen molar-refractivity contribution in [3.63, 3.8) is 0 Å². The molecule has 1 amide bonds. The normalized spacial score (nSPS) is 12.5. The van der Waals surface area contributed by atoms with Crippen molar-refractivity contribution in [1.82, 2.24) is 10.0 Å². The first kappa shape index (κ1) is 20.2. The highest BCUT2D eigenvalue weighted by Crippen LogP contribution is 2.18. The van der Waals surface area contributed by atoms with Crippen molar-refractivity contribution in [3.05, 3.63) is 87.9 Å². The molecule has 0 fully saturated rings. The third kappa shape index (κ3) is 4.83. The van der Waals surface area contributed by atoms with E-state index in [0.29, 0.717) is 5.56 Å². The van der Waals surface area contributed by atoms with Crippen LogP contribution in [0, 0.1) is 5.82 Å². The van der Waals surface area contributed by atoms with Crippen LogP contribution < -0.4 is 10.0 Å². The number of sulfonamides is 1. The first-order valence-electron chi connectivity index (χ1n) is 8.54. The van der Waals surface area contributed by atoms with E-state index in [0.717, 1.165) is 4.88 Å². The van der Waals surface area contributed by atoms with Crippen LogP contribution in [0.1, 0.15) is 33.8 Å². The van der Waals surface area contributed by atoms with Gasteiger partial charge in [-0.15, -0.1) is 11.3 Å². The van der Waals surface area contributed by atoms with Gasteiger partial charge in [0.15, 0.2) is 0 Å². The van der Waals surface area contributed by atoms with E-state index in [-0.39, 0.29) is 17.0 Å². The Balaban J connectivity index is 1.73. The second kappa shape index (κ2) is 8.64. The fourth-order valence-corrected chi connectivity index (χ4v) is 4.44. The van der Waals surface area contributed by atoms with Crippen LogP contribution in [-0.2, 0) is 16.6 Å². The molecule has 0 saturated carbocycles. The van der Waals surface area contributed by atoms with Crippen LogP contribution in [0.2, 0.25) is 0 Å². The largest absolute Gasteiger partial charge is 0.345 e. The molecule has 3 aromatic rings. The molecule has 0 saturated heterocycles. The van der Waals surface area contributed by atoms with Gasteiger partial charge in [-0.25, -0.2) is 17.5 Å². The van der Waals surface area contributed by atoms with E-state index in [1.165, 1.54) is 41.7 Å². The Morgan fingerprint density at radius 2 is 1.89 bits per heavy atom. The highest BCUT2D eigenvalue weighted by Gasteiger charge is 2.18. The Kier molecular flexibility index (Phi) is 6.23. The van der Waals surface area contributed by atoms with Crippen molar-refractivity contribution in [3.8, 4) is 0 Å². The van der Waals surface area contributed by atoms with Gasteiger partial charge in [-0.2, -0.15) is 0 Å². The number of nitrogens with one attached hydrogen (secondary N) is 2. The van der Waals surface area contributed by atoms with Gasteiger partial charge in [0.05, 0.1) is 10.9 Å². The summed E-state index contributed by atoms with van der Waals surface area (Å²) in [6.07, 6.45) is 0. The monoisotopic (exact) mass is 418 g/mol. The van der Waals surface area contributed by atoms with Crippen molar-refractivity contribution in [2.45, 2.75) is 24.4 Å². The second-order valence-corrected chi connectivity index (χ2v) is 8.95. The van der Waals surface area contributed by atoms with E-state index >= 15 is 0 Å². The van der Waals surface area contributed by atoms with Crippen LogP contribution in [-0.4, -0.2) is 14.3 Å². The number of benzene rings is 2. The Hall–Kier alpha value is -2.55. The van der Waals surface area contributed by atoms with Gasteiger partial charge in [0.2, 0.25) is 10.0 Å². The summed E-state index contributed by atoms with van der Waals surface area (Å²) in [5.74, 6) is -0.893. The Morgan fingerprint density at radius 3 is 2.61 bits per heavy atom. The second-order valence-electron chi connectivity index (χ2n) is 6.15. The minimum Gasteiger partial charge on any atom is -0.345 e. The lowest BCUT2D eigenvalue weighted by molar-refractivity contribution is 0.0939. The van der Waals surface area contributed by atoms with Gasteiger partial charge in [-0.3, -0.25) is 4.79 Å². The lowest BCUT2D eigenvalue weighted by Crippen LogP contribution is -2.28. The van der Waals surface area contributed by atoms with Crippen LogP contribution in [0.3, 0.4) is 0 Å². The quantitative estimate of drug-likeness (QED) is 0.612. The molecule has 5 nitrogen and oxygen atoms in total. The Labute approximate surface area is 167 Å². The van der Waals surface area contributed by atoms with E-state index in [1.807, 2.05) is 17.5 Å². The summed E-state index contributed by atoms with van der Waals surface area (Å²) in [6, 6.07) is 15.0. The van der Waals surface area contributed by atoms with E-state index in [9.17, 15) is 17.6 Å². The first-order valence-corrected chi connectivity index (χ1v) is 10.9. The smallest absolute Gasteiger partial charge is 0.251 e. The number of halogens is 1. The summed E-state index contributed by atoms with van der Waals surface area (Å²) in [5, 5.41) is 4.56. The van der Waals surface area contributed by atoms with Gasteiger partial charge >= 0.3 is 0 Å². The molecule has 0 radical (unpaired) electrons. The van der Waals surface area contributed by atoms with Crippen molar-refractivity contribution in [1.29, 1.82) is 0 Å². The van der Waals surface area contributed by atoms with Crippen molar-refractivity contribution < 1.29 is 17.6 Å². The minimum absolute atomic E-state index is 0.00440. The van der Waals surface area contributed by atoms with Gasteiger partial charge in [-0.05, 0) is 42.6 Å². The molecular weight excluding hydrogens is 399 g/mol. The predicted octanol–water partition coefficient (Wildman–Crippen LogP) is 3.86. The summed E-state index contributed by atoms with van der Waals surface area (Å²) in [4.78, 5) is 13.4. The molecular formula is C20H19FN2O3S2. The maximum atomic E-state index is 13.9. The van der Waals surface area contributed by atoms with E-state index in [1.54, 1.807) is 25.1 Å². The minimum atomic E-state index is -3.76. The van der Waals surface area contributed by atoms with Crippen LogP contribution in [0.4, 0.5) is 4.39 Å². The van der Waals surface area contributed by atoms with Crippen molar-refractivity contribution >= 4 is 27.3 Å². The lowest BCUT2D eigenvalue weighted by Gasteiger charge is -2.15. The highest BCUT2D eigenvalue weighted by molar-refractivity contribution is 7.89. The predicted molar refractivity (Wildman–Crippen MR) is 107 cm³/mol. The van der Waals surface area contributed by atoms with Gasteiger partial charge in [0, 0.05) is 22.5 Å². The number of hydrogen-bond donors (Lipinski definition) is 2. The third-order valence-electron chi connectivity index (χ3n) is 4.14. The number of carbonyl (C=O) groups excluding carboxylic acids is 1. The molecule has 1 heterocycles. The molecule has 2 N–H and O–H groups in total. The Morgan fingerprint density at radius 1 is 1.11 bits per heavy atom. The molecule has 0 bridgehead atoms. The van der Waals surface area contributed by atoms with Crippen LogP contribution in [0.15, 0.2) is 70.9 Å². The topological polar surface area (TPSA) is 75.3 Å². The SMILES string of the molecule is CC(NC(=O)c1cccc(S(=O)(=O)NCc2cccs2)c1)c1ccccc1F. The molecule has 3 rings (SSSR count). The number of amides is 1. The average Bonchev–Trinajstić information content (AvgIpc) is 3.20. The molecule has 0 aliphatic heterocycles. The summed E-state index contributed by atoms with van der Waals surface area (Å²) < 4.78 is 41.4. The summed E-state index contributed by atoms with van der Waals surface area (Å²) in [7, 11) is -3.76. The van der Waals surface area contributed by atoms with Gasteiger partial charge in [0.25, 0.3) is 5.91 Å². The van der Waals surface area contributed by atoms with Gasteiger partial charge < -0.3 is 5.32 Å². The standard InChI is InChI=1S/C20H19FN2O3S2/c1-14(18-9-2-3-10-19(18)21)23-20(24)15-6-4-8-17(12-15)28(25,26)22-13-16-7-5-11-27-16/h2-12,14,22H,13H2,1H3,(H,23,24). The number of carbonyl (C=O) groups is 1. The molecule has 2 aromatic carbocycles. The van der Waals surface area contributed by atoms with Crippen molar-refractivity contribution in [2.24, 2.45) is 0 Å². The zero-order chi connectivity index (χ0) is 20.1. The lowest BCUT2D eigenvalue weighted by atomic mass is 10.1. The number of hydrogen-bond acceptors (Lipinski definition) is 4. The fourth-order valence-electron chi connectivity index (χ4n) is 2.65. The summed E-state index contributed by atoms with van der Waals surface area (Å²) in [6.45, 7) is 1.85. The van der Waals surface area contributed by atoms with E-state index in [2.05, 4.69) is 10.0 Å². The maximum Gasteiger partial charge on any atom is 0.251 e. The summed E-state index contributed by atoms with van der Waals surface area (Å²) in [5.41, 5.74) is 0.541. The van der Waals surface area contributed by atoms with Gasteiger partial charge in [0.1, 0.15) is 5.82 Å². The van der Waals surface area contributed by atoms with Gasteiger partial charge in [-0.1, -0.05) is 30.3 Å². The summed E-state index contributed by atoms with van der Waals surface area (Å²) >= 11 is 1.45. The molecule has 1 atom stereocenters. The zero-order valence-electron chi connectivity index (χ0n) is 15.1. The first-order chi connectivity index (χ1) is 13.4. The van der Waals surface area contributed by atoms with Crippen LogP contribution in [0.25, 0.3) is 0 Å². The van der Waals surface area contributed by atoms with E-state index < -0.39 is 27.8 Å². The molecule has 0 aliphatic carbocycles.